The molecule has 1 aliphatic heterocycles. The Balaban J connectivity index is 1.35. The van der Waals surface area contributed by atoms with Crippen molar-refractivity contribution in [1.29, 1.82) is 0 Å². The quantitative estimate of drug-likeness (QED) is 0.539. The van der Waals surface area contributed by atoms with E-state index in [4.69, 9.17) is 9.15 Å². The van der Waals surface area contributed by atoms with Gasteiger partial charge in [0, 0.05) is 12.5 Å². The molecule has 1 amide bonds. The van der Waals surface area contributed by atoms with Crippen LogP contribution >= 0.6 is 11.8 Å². The predicted octanol–water partition coefficient (Wildman–Crippen LogP) is 3.68. The third-order valence-electron chi connectivity index (χ3n) is 5.27. The highest BCUT2D eigenvalue weighted by Gasteiger charge is 2.35. The number of thioether (sulfide) groups is 1. The van der Waals surface area contributed by atoms with E-state index in [1.807, 2.05) is 36.4 Å². The summed E-state index contributed by atoms with van der Waals surface area (Å²) in [5.74, 6) is 1.66. The number of carbonyl (C=O) groups is 1. The Kier molecular flexibility index (Phi) is 5.04. The lowest BCUT2D eigenvalue weighted by atomic mass is 10.0. The van der Waals surface area contributed by atoms with Crippen molar-refractivity contribution in [3.05, 3.63) is 60.3 Å². The van der Waals surface area contributed by atoms with Crippen molar-refractivity contribution in [3.8, 4) is 5.75 Å². The normalized spacial score (nSPS) is 18.5. The fraction of sp³-hybridized carbons (Fsp3) is 0.333. The van der Waals surface area contributed by atoms with E-state index >= 15 is 0 Å². The van der Waals surface area contributed by atoms with Gasteiger partial charge in [-0.05, 0) is 54.8 Å². The van der Waals surface area contributed by atoms with Gasteiger partial charge in [0.25, 0.3) is 5.91 Å². The van der Waals surface area contributed by atoms with E-state index in [9.17, 15) is 4.79 Å². The molecule has 1 fully saturated rings. The molecule has 5 rings (SSSR count). The molecule has 1 aromatic carbocycles. The minimum Gasteiger partial charge on any atom is -0.497 e. The van der Waals surface area contributed by atoms with Crippen LogP contribution in [0.15, 0.2) is 63.7 Å². The van der Waals surface area contributed by atoms with Crippen LogP contribution in [0.1, 0.15) is 42.7 Å². The zero-order valence-corrected chi connectivity index (χ0v) is 17.3. The number of hydrazone groups is 1. The lowest BCUT2D eigenvalue weighted by Gasteiger charge is -2.19. The maximum absolute atomic E-state index is 13.1. The van der Waals surface area contributed by atoms with Gasteiger partial charge in [-0.15, -0.1) is 10.2 Å². The Bertz CT molecular complexity index is 1060. The van der Waals surface area contributed by atoms with E-state index in [2.05, 4.69) is 19.9 Å². The van der Waals surface area contributed by atoms with Crippen LogP contribution in [0, 0.1) is 0 Å². The van der Waals surface area contributed by atoms with E-state index in [1.165, 1.54) is 11.8 Å². The van der Waals surface area contributed by atoms with Gasteiger partial charge in [0.2, 0.25) is 0 Å². The van der Waals surface area contributed by atoms with Crippen LogP contribution in [0.4, 0.5) is 0 Å². The molecule has 154 valence electrons. The summed E-state index contributed by atoms with van der Waals surface area (Å²) in [6.07, 6.45) is 6.24. The summed E-state index contributed by atoms with van der Waals surface area (Å²) >= 11 is 1.40. The van der Waals surface area contributed by atoms with Crippen LogP contribution in [0.25, 0.3) is 0 Å². The summed E-state index contributed by atoms with van der Waals surface area (Å²) in [5, 5.41) is 15.1. The Morgan fingerprint density at radius 3 is 2.80 bits per heavy atom. The van der Waals surface area contributed by atoms with Crippen molar-refractivity contribution in [1.82, 2.24) is 19.8 Å². The summed E-state index contributed by atoms with van der Waals surface area (Å²) in [5.41, 5.74) is 1.81. The second kappa shape index (κ2) is 7.98. The van der Waals surface area contributed by atoms with Crippen molar-refractivity contribution >= 4 is 23.4 Å². The predicted molar refractivity (Wildman–Crippen MR) is 111 cm³/mol. The third-order valence-corrected chi connectivity index (χ3v) is 6.21. The molecule has 9 heteroatoms. The summed E-state index contributed by atoms with van der Waals surface area (Å²) in [6.45, 7) is 0. The smallest absolute Gasteiger partial charge is 0.253 e. The van der Waals surface area contributed by atoms with Crippen molar-refractivity contribution < 1.29 is 13.9 Å². The van der Waals surface area contributed by atoms with Crippen LogP contribution in [0.2, 0.25) is 0 Å². The van der Waals surface area contributed by atoms with Crippen LogP contribution in [-0.2, 0) is 4.79 Å². The van der Waals surface area contributed by atoms with Gasteiger partial charge in [-0.25, -0.2) is 5.01 Å². The van der Waals surface area contributed by atoms with Gasteiger partial charge in [-0.1, -0.05) is 11.8 Å². The van der Waals surface area contributed by atoms with Crippen LogP contribution < -0.4 is 4.74 Å². The maximum Gasteiger partial charge on any atom is 0.253 e. The molecule has 2 aromatic heterocycles. The van der Waals surface area contributed by atoms with Crippen molar-refractivity contribution in [3.63, 3.8) is 0 Å². The second-order valence-electron chi connectivity index (χ2n) is 7.29. The topological polar surface area (TPSA) is 85.8 Å². The molecule has 2 aliphatic rings. The standard InChI is InChI=1S/C21H21N5O3S/c1-28-16-8-4-14(5-9-16)17-11-18(19-3-2-10-29-19)26(24-17)20(27)12-30-21-23-22-13-25(21)15-6-7-15/h2-5,8-10,13,15,18H,6-7,11-12H2,1H3. The van der Waals surface area contributed by atoms with Gasteiger partial charge in [0.1, 0.15) is 23.9 Å². The molecule has 0 saturated heterocycles. The molecule has 8 nitrogen and oxygen atoms in total. The first-order valence-corrected chi connectivity index (χ1v) is 10.8. The van der Waals surface area contributed by atoms with Crippen molar-refractivity contribution in [2.75, 3.05) is 12.9 Å². The molecule has 1 atom stereocenters. The zero-order valence-electron chi connectivity index (χ0n) is 16.5. The van der Waals surface area contributed by atoms with Crippen molar-refractivity contribution in [2.24, 2.45) is 5.10 Å². The van der Waals surface area contributed by atoms with Crippen LogP contribution in [0.3, 0.4) is 0 Å². The van der Waals surface area contributed by atoms with E-state index < -0.39 is 0 Å². The Labute approximate surface area is 177 Å². The molecule has 3 aromatic rings. The highest BCUT2D eigenvalue weighted by atomic mass is 32.2. The Morgan fingerprint density at radius 2 is 2.10 bits per heavy atom. The molecule has 0 radical (unpaired) electrons. The fourth-order valence-electron chi connectivity index (χ4n) is 3.53. The molecule has 1 aliphatic carbocycles. The molecular formula is C21H21N5O3S. The van der Waals surface area contributed by atoms with Gasteiger partial charge in [-0.2, -0.15) is 5.10 Å². The van der Waals surface area contributed by atoms with Gasteiger partial charge >= 0.3 is 0 Å². The summed E-state index contributed by atoms with van der Waals surface area (Å²) < 4.78 is 12.9. The minimum atomic E-state index is -0.258. The third kappa shape index (κ3) is 3.72. The number of amides is 1. The lowest BCUT2D eigenvalue weighted by Crippen LogP contribution is -2.28. The highest BCUT2D eigenvalue weighted by Crippen LogP contribution is 2.38. The first-order valence-electron chi connectivity index (χ1n) is 9.82. The van der Waals surface area contributed by atoms with Crippen molar-refractivity contribution in [2.45, 2.75) is 36.5 Å². The molecular weight excluding hydrogens is 402 g/mol. The Hall–Kier alpha value is -3.07. The molecule has 3 heterocycles. The van der Waals surface area contributed by atoms with Crippen LogP contribution in [-0.4, -0.2) is 44.3 Å². The average molecular weight is 423 g/mol. The number of hydrogen-bond donors (Lipinski definition) is 0. The molecule has 0 bridgehead atoms. The van der Waals surface area contributed by atoms with E-state index in [-0.39, 0.29) is 17.7 Å². The SMILES string of the molecule is COc1ccc(C2=NN(C(=O)CSc3nncn3C3CC3)C(c3ccco3)C2)cc1. The number of rotatable bonds is 7. The van der Waals surface area contributed by atoms with Gasteiger partial charge < -0.3 is 13.7 Å². The fourth-order valence-corrected chi connectivity index (χ4v) is 4.37. The number of carbonyl (C=O) groups excluding carboxylic acids is 1. The monoisotopic (exact) mass is 423 g/mol. The first kappa shape index (κ1) is 18.9. The number of ether oxygens (including phenoxy) is 1. The molecule has 0 N–H and O–H groups in total. The van der Waals surface area contributed by atoms with Gasteiger partial charge in [0.15, 0.2) is 5.16 Å². The summed E-state index contributed by atoms with van der Waals surface area (Å²) in [4.78, 5) is 13.1. The summed E-state index contributed by atoms with van der Waals surface area (Å²) in [7, 11) is 1.64. The largest absolute Gasteiger partial charge is 0.497 e. The van der Waals surface area contributed by atoms with Gasteiger partial charge in [0.05, 0.1) is 24.8 Å². The Morgan fingerprint density at radius 1 is 1.27 bits per heavy atom. The minimum absolute atomic E-state index is 0.0877. The number of methoxy groups -OCH3 is 1. The zero-order chi connectivity index (χ0) is 20.5. The number of hydrogen-bond acceptors (Lipinski definition) is 7. The second-order valence-corrected chi connectivity index (χ2v) is 8.23. The number of aromatic nitrogens is 3. The first-order chi connectivity index (χ1) is 14.7. The van der Waals surface area contributed by atoms with Gasteiger partial charge in [-0.3, -0.25) is 4.79 Å². The highest BCUT2D eigenvalue weighted by molar-refractivity contribution is 7.99. The molecule has 1 unspecified atom stereocenters. The van der Waals surface area contributed by atoms with E-state index in [0.29, 0.717) is 12.5 Å². The van der Waals surface area contributed by atoms with E-state index in [1.54, 1.807) is 24.7 Å². The number of furan rings is 1. The average Bonchev–Trinajstić information content (AvgIpc) is 3.18. The molecule has 0 spiro atoms. The van der Waals surface area contributed by atoms with E-state index in [0.717, 1.165) is 40.8 Å². The molecule has 30 heavy (non-hydrogen) atoms. The number of benzene rings is 1. The lowest BCUT2D eigenvalue weighted by molar-refractivity contribution is -0.130. The molecule has 1 saturated carbocycles. The maximum atomic E-state index is 13.1. The number of nitrogens with zero attached hydrogens (tertiary/aromatic N) is 5. The summed E-state index contributed by atoms with van der Waals surface area (Å²) in [6, 6.07) is 11.6. The van der Waals surface area contributed by atoms with Crippen LogP contribution in [0.5, 0.6) is 5.75 Å².